The molecule has 0 unspecified atom stereocenters. The lowest BCUT2D eigenvalue weighted by Crippen LogP contribution is -2.65. The molecule has 0 radical (unpaired) electrons. The minimum atomic E-state index is -2.34. The molecule has 2 aliphatic carbocycles. The summed E-state index contributed by atoms with van der Waals surface area (Å²) in [5.74, 6) is -5.70. The molecule has 0 saturated carbocycles. The number of fused-ring (bicyclic) bond motifs is 3. The molecule has 2 aromatic rings. The van der Waals surface area contributed by atoms with Gasteiger partial charge in [-0.3, -0.25) is 14.4 Å². The number of ether oxygens (including phenoxy) is 3. The third kappa shape index (κ3) is 4.64. The van der Waals surface area contributed by atoms with Crippen molar-refractivity contribution in [3.63, 3.8) is 0 Å². The zero-order valence-electron chi connectivity index (χ0n) is 23.7. The van der Waals surface area contributed by atoms with Crippen LogP contribution in [0.5, 0.6) is 11.5 Å². The minimum Gasteiger partial charge on any atom is -0.632 e. The maximum atomic E-state index is 14.8. The number of hydroxylamine groups is 3. The van der Waals surface area contributed by atoms with Gasteiger partial charge in [0.2, 0.25) is 5.78 Å². The summed E-state index contributed by atoms with van der Waals surface area (Å²) in [4.78, 5) is 39.7. The van der Waals surface area contributed by atoms with E-state index in [-0.39, 0.29) is 49.4 Å². The first-order chi connectivity index (χ1) is 20.8. The van der Waals surface area contributed by atoms with E-state index in [4.69, 9.17) is 14.2 Å². The highest BCUT2D eigenvalue weighted by Gasteiger charge is 2.51. The van der Waals surface area contributed by atoms with E-state index in [9.17, 15) is 49.5 Å². The monoisotopic (exact) mass is 617 g/mol. The standard InChI is InChI=1S/C30H32FNO12/c1-13-25(35)17(32(41)5-7-42-8-6-32)9-20(43-13)44-18-11-30(40,19(34)12-33)10-15-22(18)29(39)24-23(27(15)37)26(36)14-3-2-4-16(31)21(14)28(24)38/h2-4,13,17-18,20,25,33,35,37,39-40H,5-12H2,1H3/t13-,17-,18-,20-,25+,30-/m0/s1. The number of nitrogens with zero attached hydrogens (tertiary/aromatic N) is 1. The number of morpholine rings is 1. The molecule has 6 rings (SSSR count). The Morgan fingerprint density at radius 2 is 1.82 bits per heavy atom. The number of hydrogen-bond donors (Lipinski definition) is 5. The lowest BCUT2D eigenvalue weighted by atomic mass is 9.72. The highest BCUT2D eigenvalue weighted by atomic mass is 19.1. The highest BCUT2D eigenvalue weighted by molar-refractivity contribution is 6.30. The Kier molecular flexibility index (Phi) is 7.62. The second-order valence-electron chi connectivity index (χ2n) is 11.9. The van der Waals surface area contributed by atoms with Gasteiger partial charge in [-0.1, -0.05) is 12.1 Å². The van der Waals surface area contributed by atoms with Crippen LogP contribution < -0.4 is 0 Å². The average Bonchev–Trinajstić information content (AvgIpc) is 2.98. The van der Waals surface area contributed by atoms with Gasteiger partial charge in [-0.15, -0.1) is 0 Å². The lowest BCUT2D eigenvalue weighted by Gasteiger charge is -2.55. The lowest BCUT2D eigenvalue weighted by molar-refractivity contribution is -0.919. The molecule has 2 aliphatic heterocycles. The summed E-state index contributed by atoms with van der Waals surface area (Å²) in [6.07, 6.45) is -6.15. The Labute approximate surface area is 250 Å². The van der Waals surface area contributed by atoms with Crippen molar-refractivity contribution in [2.75, 3.05) is 32.9 Å². The summed E-state index contributed by atoms with van der Waals surface area (Å²) >= 11 is 0. The van der Waals surface area contributed by atoms with Crippen LogP contribution in [-0.2, 0) is 25.4 Å². The third-order valence-electron chi connectivity index (χ3n) is 9.33. The maximum absolute atomic E-state index is 14.8. The largest absolute Gasteiger partial charge is 0.632 e. The number of aliphatic hydroxyl groups is 3. The van der Waals surface area contributed by atoms with E-state index in [2.05, 4.69) is 0 Å². The summed E-state index contributed by atoms with van der Waals surface area (Å²) in [6.45, 7) is 0.989. The fourth-order valence-electron chi connectivity index (χ4n) is 6.96. The van der Waals surface area contributed by atoms with Crippen molar-refractivity contribution in [1.82, 2.24) is 0 Å². The number of carbonyl (C=O) groups is 3. The Morgan fingerprint density at radius 3 is 2.50 bits per heavy atom. The number of phenols is 2. The predicted octanol–water partition coefficient (Wildman–Crippen LogP) is 0.518. The van der Waals surface area contributed by atoms with Crippen LogP contribution >= 0.6 is 0 Å². The fourth-order valence-corrected chi connectivity index (χ4v) is 6.96. The van der Waals surface area contributed by atoms with Crippen LogP contribution in [0.4, 0.5) is 4.39 Å². The van der Waals surface area contributed by atoms with Crippen LogP contribution in [0.2, 0.25) is 0 Å². The number of halogens is 1. The molecule has 6 atom stereocenters. The van der Waals surface area contributed by atoms with Gasteiger partial charge in [0.05, 0.1) is 48.5 Å². The molecule has 4 aliphatic rings. The number of benzene rings is 2. The molecule has 44 heavy (non-hydrogen) atoms. The van der Waals surface area contributed by atoms with Crippen LogP contribution in [0.1, 0.15) is 68.8 Å². The maximum Gasteiger partial charge on any atom is 0.201 e. The Bertz CT molecular complexity index is 1560. The van der Waals surface area contributed by atoms with Crippen LogP contribution in [0.3, 0.4) is 0 Å². The van der Waals surface area contributed by atoms with E-state index in [1.54, 1.807) is 0 Å². The van der Waals surface area contributed by atoms with Gasteiger partial charge in [0.1, 0.15) is 54.8 Å². The van der Waals surface area contributed by atoms with Gasteiger partial charge in [0.15, 0.2) is 17.9 Å². The van der Waals surface area contributed by atoms with Crippen molar-refractivity contribution in [3.8, 4) is 11.5 Å². The minimum absolute atomic E-state index is 0.0765. The molecule has 2 aromatic carbocycles. The van der Waals surface area contributed by atoms with Crippen LogP contribution in [-0.4, -0.2) is 111 Å². The van der Waals surface area contributed by atoms with E-state index in [1.165, 1.54) is 19.1 Å². The molecule has 5 N–H and O–H groups in total. The molecule has 0 spiro atoms. The predicted molar refractivity (Wildman–Crippen MR) is 145 cm³/mol. The molecule has 0 aromatic heterocycles. The summed E-state index contributed by atoms with van der Waals surface area (Å²) in [6, 6.07) is 2.48. The number of carbonyl (C=O) groups excluding carboxylic acids is 3. The second-order valence-corrected chi connectivity index (χ2v) is 11.9. The Hall–Kier alpha value is -3.34. The van der Waals surface area contributed by atoms with E-state index < -0.39 is 112 Å². The van der Waals surface area contributed by atoms with Crippen LogP contribution in [0.15, 0.2) is 18.2 Å². The van der Waals surface area contributed by atoms with Crippen molar-refractivity contribution in [2.45, 2.75) is 62.4 Å². The molecule has 236 valence electrons. The van der Waals surface area contributed by atoms with Gasteiger partial charge in [-0.2, -0.15) is 0 Å². The summed E-state index contributed by atoms with van der Waals surface area (Å²) in [5.41, 5.74) is -5.09. The fraction of sp³-hybridized carbons (Fsp3) is 0.500. The number of rotatable bonds is 5. The number of aromatic hydroxyl groups is 2. The third-order valence-corrected chi connectivity index (χ3v) is 9.33. The normalized spacial score (nSPS) is 31.2. The molecule has 13 nitrogen and oxygen atoms in total. The first kappa shape index (κ1) is 30.7. The molecule has 2 saturated heterocycles. The van der Waals surface area contributed by atoms with Crippen molar-refractivity contribution in [3.05, 3.63) is 62.6 Å². The number of phenolic OH excluding ortho intramolecular Hbond substituents is 2. The molecule has 0 bridgehead atoms. The van der Waals surface area contributed by atoms with Gasteiger partial charge in [0, 0.05) is 29.5 Å². The van der Waals surface area contributed by atoms with E-state index in [1.807, 2.05) is 0 Å². The first-order valence-electron chi connectivity index (χ1n) is 14.3. The zero-order chi connectivity index (χ0) is 31.7. The van der Waals surface area contributed by atoms with E-state index >= 15 is 0 Å². The van der Waals surface area contributed by atoms with Crippen LogP contribution in [0.25, 0.3) is 0 Å². The molecule has 14 heteroatoms. The number of hydrogen-bond acceptors (Lipinski definition) is 12. The molecular weight excluding hydrogens is 585 g/mol. The summed E-state index contributed by atoms with van der Waals surface area (Å²) < 4.78 is 31.3. The summed E-state index contributed by atoms with van der Waals surface area (Å²) in [7, 11) is 0. The van der Waals surface area contributed by atoms with Gasteiger partial charge in [-0.25, -0.2) is 4.39 Å². The van der Waals surface area contributed by atoms with E-state index in [0.717, 1.165) is 6.07 Å². The zero-order valence-corrected chi connectivity index (χ0v) is 23.7. The number of quaternary nitrogens is 1. The van der Waals surface area contributed by atoms with Crippen molar-refractivity contribution in [1.29, 1.82) is 0 Å². The van der Waals surface area contributed by atoms with Crippen molar-refractivity contribution in [2.24, 2.45) is 0 Å². The number of Topliss-reactive ketones (excluding diaryl/α,β-unsaturated/α-hetero) is 1. The highest BCUT2D eigenvalue weighted by Crippen LogP contribution is 2.52. The van der Waals surface area contributed by atoms with Gasteiger partial charge in [0.25, 0.3) is 0 Å². The number of aliphatic hydroxyl groups excluding tert-OH is 2. The van der Waals surface area contributed by atoms with E-state index in [0.29, 0.717) is 0 Å². The van der Waals surface area contributed by atoms with Gasteiger partial charge in [-0.05, 0) is 13.0 Å². The molecular formula is C30H32FNO12. The molecule has 0 amide bonds. The van der Waals surface area contributed by atoms with Crippen LogP contribution in [0, 0.1) is 11.0 Å². The first-order valence-corrected chi connectivity index (χ1v) is 14.3. The van der Waals surface area contributed by atoms with Gasteiger partial charge >= 0.3 is 0 Å². The second kappa shape index (κ2) is 10.9. The smallest absolute Gasteiger partial charge is 0.201 e. The topological polar surface area (TPSA) is 203 Å². The Balaban J connectivity index is 1.45. The quantitative estimate of drug-likeness (QED) is 0.151. The molecule has 2 fully saturated rings. The SMILES string of the molecule is C[C@@H]1O[C@@H](O[C@H]2C[C@](O)(C(=O)CO)Cc3c(O)c4c(c(O)c32)C(=O)c2c(F)cccc2C4=O)C[C@H]([N+]2([O-])CCOCC2)[C@@H]1O. The number of ketones is 3. The molecule has 2 heterocycles. The average molecular weight is 618 g/mol. The summed E-state index contributed by atoms with van der Waals surface area (Å²) in [5, 5.41) is 68.4. The van der Waals surface area contributed by atoms with Crippen molar-refractivity contribution >= 4 is 17.3 Å². The van der Waals surface area contributed by atoms with Gasteiger partial charge < -0.3 is 49.6 Å². The Morgan fingerprint density at radius 1 is 1.14 bits per heavy atom. The van der Waals surface area contributed by atoms with Crippen molar-refractivity contribution < 1.29 is 63.2 Å².